The van der Waals surface area contributed by atoms with Gasteiger partial charge in [0.25, 0.3) is 5.91 Å². The van der Waals surface area contributed by atoms with E-state index >= 15 is 0 Å². The van der Waals surface area contributed by atoms with Crippen molar-refractivity contribution in [1.29, 1.82) is 0 Å². The van der Waals surface area contributed by atoms with Crippen LogP contribution in [0.5, 0.6) is 11.5 Å². The molecular formula is C19H19NO4. The third-order valence-electron chi connectivity index (χ3n) is 4.33. The fourth-order valence-electron chi connectivity index (χ4n) is 3.07. The van der Waals surface area contributed by atoms with Gasteiger partial charge in [-0.15, -0.1) is 0 Å². The van der Waals surface area contributed by atoms with E-state index in [0.29, 0.717) is 37.8 Å². The number of nitrogens with zero attached hydrogens (tertiary/aromatic N) is 1. The molecule has 2 unspecified atom stereocenters. The van der Waals surface area contributed by atoms with Crippen LogP contribution in [-0.4, -0.2) is 43.2 Å². The molecule has 0 radical (unpaired) electrons. The van der Waals surface area contributed by atoms with Crippen molar-refractivity contribution in [2.24, 2.45) is 0 Å². The highest BCUT2D eigenvalue weighted by Crippen LogP contribution is 2.39. The summed E-state index contributed by atoms with van der Waals surface area (Å²) in [4.78, 5) is 14.8. The fourth-order valence-corrected chi connectivity index (χ4v) is 3.07. The number of ether oxygens (including phenoxy) is 3. The molecular weight excluding hydrogens is 306 g/mol. The van der Waals surface area contributed by atoms with Gasteiger partial charge in [-0.1, -0.05) is 42.5 Å². The van der Waals surface area contributed by atoms with Gasteiger partial charge >= 0.3 is 0 Å². The second-order valence-corrected chi connectivity index (χ2v) is 5.87. The molecule has 2 aromatic rings. The molecule has 2 heterocycles. The van der Waals surface area contributed by atoms with Crippen molar-refractivity contribution in [3.05, 3.63) is 60.2 Å². The molecule has 124 valence electrons. The number of benzene rings is 2. The minimum absolute atomic E-state index is 0.0540. The van der Waals surface area contributed by atoms with Gasteiger partial charge in [-0.2, -0.15) is 0 Å². The van der Waals surface area contributed by atoms with Crippen molar-refractivity contribution < 1.29 is 19.0 Å². The number of hydrogen-bond donors (Lipinski definition) is 0. The summed E-state index contributed by atoms with van der Waals surface area (Å²) in [6.45, 7) is 2.29. The Balaban J connectivity index is 1.67. The molecule has 0 aromatic heterocycles. The Labute approximate surface area is 140 Å². The van der Waals surface area contributed by atoms with Gasteiger partial charge < -0.3 is 19.1 Å². The van der Waals surface area contributed by atoms with E-state index in [-0.39, 0.29) is 5.91 Å². The summed E-state index contributed by atoms with van der Waals surface area (Å²) in [6.07, 6.45) is -1.16. The van der Waals surface area contributed by atoms with Crippen molar-refractivity contribution in [2.75, 3.05) is 26.3 Å². The number of para-hydroxylation sites is 2. The van der Waals surface area contributed by atoms with Crippen molar-refractivity contribution in [3.63, 3.8) is 0 Å². The summed E-state index contributed by atoms with van der Waals surface area (Å²) in [5.41, 5.74) is 0.929. The van der Waals surface area contributed by atoms with Gasteiger partial charge in [0.15, 0.2) is 17.6 Å². The van der Waals surface area contributed by atoms with Gasteiger partial charge in [0.05, 0.1) is 13.2 Å². The Morgan fingerprint density at radius 1 is 0.875 bits per heavy atom. The number of carbonyl (C=O) groups is 1. The van der Waals surface area contributed by atoms with Gasteiger partial charge in [-0.05, 0) is 17.7 Å². The summed E-state index contributed by atoms with van der Waals surface area (Å²) in [5.74, 6) is 1.22. The lowest BCUT2D eigenvalue weighted by Crippen LogP contribution is -2.51. The Hall–Kier alpha value is -2.53. The topological polar surface area (TPSA) is 48.0 Å². The predicted molar refractivity (Wildman–Crippen MR) is 88.1 cm³/mol. The minimum atomic E-state index is -0.694. The first-order chi connectivity index (χ1) is 11.8. The van der Waals surface area contributed by atoms with Crippen LogP contribution in [0.2, 0.25) is 0 Å². The molecule has 0 bridgehead atoms. The number of fused-ring (bicyclic) bond motifs is 1. The average molecular weight is 325 g/mol. The standard InChI is InChI=1S/C19H19NO4/c21-19(20-10-12-22-13-11-20)18-17(14-6-2-1-3-7-14)23-15-8-4-5-9-16(15)24-18/h1-9,17-18H,10-13H2. The van der Waals surface area contributed by atoms with E-state index in [2.05, 4.69) is 0 Å². The normalized spacial score (nSPS) is 22.9. The molecule has 0 aliphatic carbocycles. The molecule has 1 fully saturated rings. The van der Waals surface area contributed by atoms with Gasteiger partial charge in [0.1, 0.15) is 0 Å². The number of amides is 1. The third kappa shape index (κ3) is 2.83. The molecule has 1 amide bonds. The van der Waals surface area contributed by atoms with Crippen LogP contribution in [-0.2, 0) is 9.53 Å². The molecule has 0 spiro atoms. The maximum Gasteiger partial charge on any atom is 0.268 e. The van der Waals surface area contributed by atoms with Crippen molar-refractivity contribution in [3.8, 4) is 11.5 Å². The third-order valence-corrected chi connectivity index (χ3v) is 4.33. The molecule has 2 aromatic carbocycles. The quantitative estimate of drug-likeness (QED) is 0.851. The van der Waals surface area contributed by atoms with Crippen molar-refractivity contribution in [1.82, 2.24) is 4.90 Å². The van der Waals surface area contributed by atoms with Crippen LogP contribution in [0.4, 0.5) is 0 Å². The molecule has 2 aliphatic rings. The van der Waals surface area contributed by atoms with Crippen LogP contribution < -0.4 is 9.47 Å². The highest BCUT2D eigenvalue weighted by Gasteiger charge is 2.40. The van der Waals surface area contributed by atoms with E-state index < -0.39 is 12.2 Å². The molecule has 5 nitrogen and oxygen atoms in total. The highest BCUT2D eigenvalue weighted by molar-refractivity contribution is 5.83. The lowest BCUT2D eigenvalue weighted by Gasteiger charge is -2.37. The zero-order valence-electron chi connectivity index (χ0n) is 13.3. The Morgan fingerprint density at radius 3 is 2.21 bits per heavy atom. The van der Waals surface area contributed by atoms with E-state index in [1.165, 1.54) is 0 Å². The summed E-state index contributed by atoms with van der Waals surface area (Å²) in [5, 5.41) is 0. The Morgan fingerprint density at radius 2 is 1.50 bits per heavy atom. The monoisotopic (exact) mass is 325 g/mol. The number of hydrogen-bond acceptors (Lipinski definition) is 4. The Bertz CT molecular complexity index is 712. The van der Waals surface area contributed by atoms with Gasteiger partial charge in [-0.25, -0.2) is 0 Å². The van der Waals surface area contributed by atoms with Crippen LogP contribution in [0.15, 0.2) is 54.6 Å². The van der Waals surface area contributed by atoms with Gasteiger partial charge in [0, 0.05) is 13.1 Å². The average Bonchev–Trinajstić information content (AvgIpc) is 2.68. The van der Waals surface area contributed by atoms with Gasteiger partial charge in [-0.3, -0.25) is 4.79 Å². The second-order valence-electron chi connectivity index (χ2n) is 5.87. The van der Waals surface area contributed by atoms with Crippen LogP contribution in [0.3, 0.4) is 0 Å². The summed E-state index contributed by atoms with van der Waals surface area (Å²) in [7, 11) is 0. The maximum atomic E-state index is 13.0. The molecule has 5 heteroatoms. The number of rotatable bonds is 2. The van der Waals surface area contributed by atoms with E-state index in [9.17, 15) is 4.79 Å². The number of morpholine rings is 1. The smallest absolute Gasteiger partial charge is 0.268 e. The molecule has 1 saturated heterocycles. The lowest BCUT2D eigenvalue weighted by molar-refractivity contribution is -0.149. The zero-order valence-corrected chi connectivity index (χ0v) is 13.3. The maximum absolute atomic E-state index is 13.0. The second kappa shape index (κ2) is 6.53. The van der Waals surface area contributed by atoms with Crippen LogP contribution in [0.1, 0.15) is 11.7 Å². The molecule has 0 saturated carbocycles. The van der Waals surface area contributed by atoms with E-state index in [4.69, 9.17) is 14.2 Å². The summed E-state index contributed by atoms with van der Waals surface area (Å²) in [6, 6.07) is 17.2. The first-order valence-electron chi connectivity index (χ1n) is 8.17. The first-order valence-corrected chi connectivity index (χ1v) is 8.17. The van der Waals surface area contributed by atoms with Crippen LogP contribution in [0.25, 0.3) is 0 Å². The van der Waals surface area contributed by atoms with E-state index in [1.807, 2.05) is 54.6 Å². The molecule has 2 aliphatic heterocycles. The van der Waals surface area contributed by atoms with E-state index in [0.717, 1.165) is 5.56 Å². The SMILES string of the molecule is O=C(C1Oc2ccccc2OC1c1ccccc1)N1CCOCC1. The zero-order chi connectivity index (χ0) is 16.4. The first kappa shape index (κ1) is 15.0. The van der Waals surface area contributed by atoms with Crippen LogP contribution >= 0.6 is 0 Å². The molecule has 0 N–H and O–H groups in total. The van der Waals surface area contributed by atoms with Gasteiger partial charge in [0.2, 0.25) is 6.10 Å². The largest absolute Gasteiger partial charge is 0.477 e. The van der Waals surface area contributed by atoms with E-state index in [1.54, 1.807) is 4.90 Å². The Kier molecular flexibility index (Phi) is 4.09. The summed E-state index contributed by atoms with van der Waals surface area (Å²) < 4.78 is 17.5. The molecule has 2 atom stereocenters. The van der Waals surface area contributed by atoms with Crippen molar-refractivity contribution >= 4 is 5.91 Å². The highest BCUT2D eigenvalue weighted by atomic mass is 16.6. The lowest BCUT2D eigenvalue weighted by atomic mass is 10.0. The summed E-state index contributed by atoms with van der Waals surface area (Å²) >= 11 is 0. The molecule has 24 heavy (non-hydrogen) atoms. The minimum Gasteiger partial charge on any atom is -0.477 e. The number of carbonyl (C=O) groups excluding carboxylic acids is 1. The van der Waals surface area contributed by atoms with Crippen molar-refractivity contribution in [2.45, 2.75) is 12.2 Å². The molecule has 4 rings (SSSR count). The fraction of sp³-hybridized carbons (Fsp3) is 0.316. The predicted octanol–water partition coefficient (Wildman–Crippen LogP) is 2.43. The van der Waals surface area contributed by atoms with Crippen LogP contribution in [0, 0.1) is 0 Å².